The van der Waals surface area contributed by atoms with Crippen molar-refractivity contribution in [3.05, 3.63) is 42.0 Å². The van der Waals surface area contributed by atoms with Gasteiger partial charge in [0.05, 0.1) is 19.6 Å². The zero-order valence-electron chi connectivity index (χ0n) is 22.0. The molecule has 0 fully saturated rings. The fourth-order valence-electron chi connectivity index (χ4n) is 3.52. The van der Waals surface area contributed by atoms with Gasteiger partial charge in [0.25, 0.3) is 11.8 Å². The van der Waals surface area contributed by atoms with Gasteiger partial charge >= 0.3 is 0 Å². The SMILES string of the molecule is CCOCc1ccc(NC(=O)[C@H](CC(N)=O)NC(=O)[C@H](C)NC(=O)[C@H](C)CC(=O)CN2C(=O)C=CC2=O)cc1. The second-order valence-corrected chi connectivity index (χ2v) is 9.02. The van der Waals surface area contributed by atoms with E-state index in [0.717, 1.165) is 22.6 Å². The van der Waals surface area contributed by atoms with Crippen LogP contribution in [0.15, 0.2) is 36.4 Å². The largest absolute Gasteiger partial charge is 0.377 e. The topological polar surface area (TPSA) is 194 Å². The van der Waals surface area contributed by atoms with E-state index in [1.54, 1.807) is 24.3 Å². The number of carbonyl (C=O) groups excluding carboxylic acids is 7. The van der Waals surface area contributed by atoms with E-state index in [4.69, 9.17) is 10.5 Å². The van der Waals surface area contributed by atoms with Crippen molar-refractivity contribution < 1.29 is 38.3 Å². The first-order valence-corrected chi connectivity index (χ1v) is 12.3. The third-order valence-corrected chi connectivity index (χ3v) is 5.70. The Bertz CT molecular complexity index is 1130. The number of hydrogen-bond donors (Lipinski definition) is 4. The molecule has 1 aromatic carbocycles. The van der Waals surface area contributed by atoms with Crippen LogP contribution in [0, 0.1) is 5.92 Å². The van der Waals surface area contributed by atoms with E-state index in [1.165, 1.54) is 13.8 Å². The number of anilines is 1. The molecule has 13 nitrogen and oxygen atoms in total. The van der Waals surface area contributed by atoms with Gasteiger partial charge in [-0.3, -0.25) is 38.5 Å². The normalized spacial score (nSPS) is 14.9. The van der Waals surface area contributed by atoms with E-state index in [1.807, 2.05) is 6.92 Å². The van der Waals surface area contributed by atoms with E-state index in [0.29, 0.717) is 18.9 Å². The van der Waals surface area contributed by atoms with Crippen molar-refractivity contribution in [1.82, 2.24) is 15.5 Å². The van der Waals surface area contributed by atoms with Crippen molar-refractivity contribution >= 4 is 46.9 Å². The Hall–Kier alpha value is -4.39. The van der Waals surface area contributed by atoms with Crippen LogP contribution in [0.25, 0.3) is 0 Å². The van der Waals surface area contributed by atoms with Crippen molar-refractivity contribution in [3.63, 3.8) is 0 Å². The number of benzene rings is 1. The molecule has 0 bridgehead atoms. The second-order valence-electron chi connectivity index (χ2n) is 9.02. The highest BCUT2D eigenvalue weighted by Crippen LogP contribution is 2.12. The Labute approximate surface area is 225 Å². The summed E-state index contributed by atoms with van der Waals surface area (Å²) in [4.78, 5) is 85.7. The maximum absolute atomic E-state index is 12.8. The Morgan fingerprint density at radius 2 is 1.51 bits per heavy atom. The smallest absolute Gasteiger partial charge is 0.254 e. The minimum atomic E-state index is -1.31. The average molecular weight is 544 g/mol. The molecule has 13 heteroatoms. The number of ether oxygens (including phenoxy) is 1. The minimum absolute atomic E-state index is 0.271. The Morgan fingerprint density at radius 3 is 2.08 bits per heavy atom. The van der Waals surface area contributed by atoms with Gasteiger partial charge in [0.2, 0.25) is 23.6 Å². The molecule has 1 heterocycles. The molecule has 0 aliphatic carbocycles. The quantitative estimate of drug-likeness (QED) is 0.213. The van der Waals surface area contributed by atoms with Crippen molar-refractivity contribution in [2.75, 3.05) is 18.5 Å². The lowest BCUT2D eigenvalue weighted by Gasteiger charge is -2.21. The van der Waals surface area contributed by atoms with E-state index in [-0.39, 0.29) is 6.42 Å². The molecule has 1 aromatic rings. The third-order valence-electron chi connectivity index (χ3n) is 5.70. The van der Waals surface area contributed by atoms with Crippen molar-refractivity contribution in [1.29, 1.82) is 0 Å². The van der Waals surface area contributed by atoms with Crippen molar-refractivity contribution in [2.24, 2.45) is 11.7 Å². The summed E-state index contributed by atoms with van der Waals surface area (Å²) in [7, 11) is 0. The van der Waals surface area contributed by atoms with Crippen LogP contribution >= 0.6 is 0 Å². The van der Waals surface area contributed by atoms with Gasteiger partial charge in [-0.25, -0.2) is 0 Å². The summed E-state index contributed by atoms with van der Waals surface area (Å²) in [6.07, 6.45) is 1.36. The lowest BCUT2D eigenvalue weighted by Crippen LogP contribution is -2.53. The number of hydrogen-bond acceptors (Lipinski definition) is 8. The van der Waals surface area contributed by atoms with Crippen LogP contribution in [0.1, 0.15) is 39.2 Å². The molecule has 0 saturated carbocycles. The van der Waals surface area contributed by atoms with Gasteiger partial charge in [-0.05, 0) is 31.5 Å². The highest BCUT2D eigenvalue weighted by Gasteiger charge is 2.29. The van der Waals surface area contributed by atoms with E-state index < -0.39 is 72.2 Å². The molecule has 0 saturated heterocycles. The van der Waals surface area contributed by atoms with Crippen LogP contribution in [0.4, 0.5) is 5.69 Å². The van der Waals surface area contributed by atoms with Crippen LogP contribution in [0.2, 0.25) is 0 Å². The molecule has 3 atom stereocenters. The molecular weight excluding hydrogens is 510 g/mol. The maximum atomic E-state index is 12.8. The average Bonchev–Trinajstić information content (AvgIpc) is 3.19. The highest BCUT2D eigenvalue weighted by molar-refractivity contribution is 6.14. The fraction of sp³-hybridized carbons (Fsp3) is 0.423. The van der Waals surface area contributed by atoms with Crippen LogP contribution in [-0.2, 0) is 44.9 Å². The van der Waals surface area contributed by atoms with Crippen LogP contribution in [-0.4, -0.2) is 71.4 Å². The van der Waals surface area contributed by atoms with Gasteiger partial charge in [0.15, 0.2) is 5.78 Å². The Kier molecular flexibility index (Phi) is 11.5. The summed E-state index contributed by atoms with van der Waals surface area (Å²) in [5, 5.41) is 7.46. The van der Waals surface area contributed by atoms with Crippen LogP contribution in [0.5, 0.6) is 0 Å². The van der Waals surface area contributed by atoms with E-state index in [2.05, 4.69) is 16.0 Å². The van der Waals surface area contributed by atoms with E-state index in [9.17, 15) is 33.6 Å². The molecule has 39 heavy (non-hydrogen) atoms. The van der Waals surface area contributed by atoms with Crippen LogP contribution in [0.3, 0.4) is 0 Å². The summed E-state index contributed by atoms with van der Waals surface area (Å²) in [6.45, 7) is 5.20. The highest BCUT2D eigenvalue weighted by atomic mass is 16.5. The molecule has 210 valence electrons. The maximum Gasteiger partial charge on any atom is 0.254 e. The zero-order chi connectivity index (χ0) is 29.1. The summed E-state index contributed by atoms with van der Waals surface area (Å²) in [5.74, 6) is -5.49. The molecule has 2 rings (SSSR count). The first-order chi connectivity index (χ1) is 18.4. The Balaban J connectivity index is 1.90. The number of rotatable bonds is 15. The first kappa shape index (κ1) is 30.8. The Morgan fingerprint density at radius 1 is 0.897 bits per heavy atom. The number of Topliss-reactive ketones (excluding diaryl/α,β-unsaturated/α-hetero) is 1. The van der Waals surface area contributed by atoms with Gasteiger partial charge in [-0.15, -0.1) is 0 Å². The zero-order valence-corrected chi connectivity index (χ0v) is 22.0. The number of imide groups is 1. The third kappa shape index (κ3) is 9.78. The number of nitrogens with two attached hydrogens (primary N) is 1. The predicted octanol–water partition coefficient (Wildman–Crippen LogP) is -0.453. The van der Waals surface area contributed by atoms with Crippen LogP contribution < -0.4 is 21.7 Å². The van der Waals surface area contributed by atoms with Crippen molar-refractivity contribution in [3.8, 4) is 0 Å². The van der Waals surface area contributed by atoms with Gasteiger partial charge in [0, 0.05) is 36.8 Å². The lowest BCUT2D eigenvalue weighted by molar-refractivity contribution is -0.141. The molecule has 0 radical (unpaired) electrons. The molecule has 0 spiro atoms. The molecule has 1 aliphatic rings. The number of amides is 6. The molecule has 0 aromatic heterocycles. The molecule has 1 aliphatic heterocycles. The molecule has 5 N–H and O–H groups in total. The number of nitrogens with zero attached hydrogens (tertiary/aromatic N) is 1. The number of ketones is 1. The summed E-state index contributed by atoms with van der Waals surface area (Å²) >= 11 is 0. The minimum Gasteiger partial charge on any atom is -0.377 e. The number of nitrogens with one attached hydrogen (secondary N) is 3. The lowest BCUT2D eigenvalue weighted by atomic mass is 10.0. The van der Waals surface area contributed by atoms with E-state index >= 15 is 0 Å². The van der Waals surface area contributed by atoms with Gasteiger partial charge in [-0.1, -0.05) is 19.1 Å². The van der Waals surface area contributed by atoms with Gasteiger partial charge in [0.1, 0.15) is 12.1 Å². The first-order valence-electron chi connectivity index (χ1n) is 12.3. The number of carbonyl (C=O) groups is 7. The summed E-state index contributed by atoms with van der Waals surface area (Å²) in [6, 6.07) is 4.38. The second kappa shape index (κ2) is 14.5. The molecular formula is C26H33N5O8. The van der Waals surface area contributed by atoms with Gasteiger partial charge in [-0.2, -0.15) is 0 Å². The molecule has 0 unspecified atom stereocenters. The fourth-order valence-corrected chi connectivity index (χ4v) is 3.52. The summed E-state index contributed by atoms with van der Waals surface area (Å²) in [5.41, 5.74) is 6.57. The molecule has 6 amide bonds. The monoisotopic (exact) mass is 543 g/mol. The predicted molar refractivity (Wildman–Crippen MR) is 138 cm³/mol. The number of primary amides is 1. The summed E-state index contributed by atoms with van der Waals surface area (Å²) < 4.78 is 5.32. The standard InChI is InChI=1S/C26H33N5O8/c1-4-39-14-17-5-7-18(8-6-17)29-26(38)20(12-21(27)33)30-25(37)16(3)28-24(36)15(2)11-19(32)13-31-22(34)9-10-23(31)35/h5-10,15-16,20H,4,11-14H2,1-3H3,(H2,27,33)(H,28,36)(H,29,38)(H,30,37)/t15-,16+,20+/m1/s1. The van der Waals surface area contributed by atoms with Gasteiger partial charge < -0.3 is 26.4 Å². The van der Waals surface area contributed by atoms with Crippen molar-refractivity contribution in [2.45, 2.75) is 52.3 Å².